The number of nitrogens with one attached hydrogen (secondary N) is 1. The third-order valence-electron chi connectivity index (χ3n) is 4.22. The van der Waals surface area contributed by atoms with Crippen molar-refractivity contribution in [3.05, 3.63) is 12.3 Å². The van der Waals surface area contributed by atoms with E-state index in [4.69, 9.17) is 0 Å². The maximum atomic E-state index is 4.62. The zero-order chi connectivity index (χ0) is 12.4. The van der Waals surface area contributed by atoms with E-state index in [1.165, 1.54) is 32.4 Å². The third kappa shape index (κ3) is 2.28. The lowest BCUT2D eigenvalue weighted by Crippen LogP contribution is -2.22. The van der Waals surface area contributed by atoms with Gasteiger partial charge in [0.15, 0.2) is 0 Å². The average Bonchev–Trinajstić information content (AvgIpc) is 2.97. The van der Waals surface area contributed by atoms with Crippen molar-refractivity contribution < 1.29 is 0 Å². The largest absolute Gasteiger partial charge is 0.356 e. The van der Waals surface area contributed by atoms with Crippen LogP contribution in [-0.2, 0) is 0 Å². The lowest BCUT2D eigenvalue weighted by molar-refractivity contribution is 0.494. The molecule has 1 N–H and O–H groups in total. The molecule has 2 fully saturated rings. The molecule has 1 aliphatic heterocycles. The summed E-state index contributed by atoms with van der Waals surface area (Å²) in [4.78, 5) is 11.3. The maximum Gasteiger partial charge on any atom is 0.224 e. The van der Waals surface area contributed by atoms with Crippen LogP contribution in [0.1, 0.15) is 32.6 Å². The molecule has 2 unspecified atom stereocenters. The summed E-state index contributed by atoms with van der Waals surface area (Å²) in [6.45, 7) is 5.47. The lowest BCUT2D eigenvalue weighted by Gasteiger charge is -2.18. The number of anilines is 2. The van der Waals surface area contributed by atoms with Crippen molar-refractivity contribution in [3.63, 3.8) is 0 Å². The standard InChI is InChI=1S/C14H22N4/c1-2-7-15-14-16-8-6-13(17-14)18-9-11-4-3-5-12(11)10-18/h6,8,11-12H,2-5,7,9-10H2,1H3,(H,15,16,17). The summed E-state index contributed by atoms with van der Waals surface area (Å²) < 4.78 is 0. The highest BCUT2D eigenvalue weighted by atomic mass is 15.2. The number of hydrogen-bond acceptors (Lipinski definition) is 4. The molecule has 4 nitrogen and oxygen atoms in total. The van der Waals surface area contributed by atoms with Gasteiger partial charge in [-0.05, 0) is 37.2 Å². The van der Waals surface area contributed by atoms with Gasteiger partial charge in [-0.15, -0.1) is 0 Å². The molecule has 1 aromatic heterocycles. The highest BCUT2D eigenvalue weighted by Crippen LogP contribution is 2.39. The van der Waals surface area contributed by atoms with E-state index in [9.17, 15) is 0 Å². The molecule has 3 rings (SSSR count). The van der Waals surface area contributed by atoms with Gasteiger partial charge >= 0.3 is 0 Å². The summed E-state index contributed by atoms with van der Waals surface area (Å²) in [5, 5.41) is 3.26. The molecule has 0 spiro atoms. The van der Waals surface area contributed by atoms with Gasteiger partial charge in [-0.3, -0.25) is 0 Å². The first-order valence-corrected chi connectivity index (χ1v) is 7.18. The van der Waals surface area contributed by atoms with Crippen molar-refractivity contribution in [2.45, 2.75) is 32.6 Å². The van der Waals surface area contributed by atoms with E-state index in [1.54, 1.807) is 0 Å². The summed E-state index contributed by atoms with van der Waals surface area (Å²) >= 11 is 0. The Morgan fingerprint density at radius 3 is 2.83 bits per heavy atom. The molecule has 1 saturated carbocycles. The van der Waals surface area contributed by atoms with E-state index in [0.29, 0.717) is 0 Å². The Balaban J connectivity index is 1.69. The first-order valence-electron chi connectivity index (χ1n) is 7.18. The van der Waals surface area contributed by atoms with Gasteiger partial charge in [-0.1, -0.05) is 13.3 Å². The molecule has 0 bridgehead atoms. The second-order valence-electron chi connectivity index (χ2n) is 5.52. The van der Waals surface area contributed by atoms with Crippen LogP contribution in [0.15, 0.2) is 12.3 Å². The van der Waals surface area contributed by atoms with Gasteiger partial charge in [0.2, 0.25) is 5.95 Å². The van der Waals surface area contributed by atoms with Crippen molar-refractivity contribution >= 4 is 11.8 Å². The molecule has 1 aliphatic carbocycles. The normalized spacial score (nSPS) is 26.4. The monoisotopic (exact) mass is 246 g/mol. The Bertz CT molecular complexity index is 395. The van der Waals surface area contributed by atoms with Gasteiger partial charge in [-0.2, -0.15) is 4.98 Å². The fourth-order valence-corrected chi connectivity index (χ4v) is 3.27. The molecular formula is C14H22N4. The fourth-order valence-electron chi connectivity index (χ4n) is 3.27. The van der Waals surface area contributed by atoms with Gasteiger partial charge in [0, 0.05) is 25.8 Å². The van der Waals surface area contributed by atoms with Crippen LogP contribution in [0.5, 0.6) is 0 Å². The van der Waals surface area contributed by atoms with E-state index in [-0.39, 0.29) is 0 Å². The van der Waals surface area contributed by atoms with Crippen LogP contribution in [-0.4, -0.2) is 29.6 Å². The lowest BCUT2D eigenvalue weighted by atomic mass is 10.0. The molecule has 4 heteroatoms. The Morgan fingerprint density at radius 2 is 2.11 bits per heavy atom. The minimum absolute atomic E-state index is 0.770. The number of fused-ring (bicyclic) bond motifs is 1. The number of rotatable bonds is 4. The Hall–Kier alpha value is -1.32. The first-order chi connectivity index (χ1) is 8.86. The number of hydrogen-bond donors (Lipinski definition) is 1. The van der Waals surface area contributed by atoms with Crippen molar-refractivity contribution in [1.82, 2.24) is 9.97 Å². The topological polar surface area (TPSA) is 41.1 Å². The van der Waals surface area contributed by atoms with Gasteiger partial charge in [0.25, 0.3) is 0 Å². The van der Waals surface area contributed by atoms with E-state index in [2.05, 4.69) is 27.1 Å². The highest BCUT2D eigenvalue weighted by molar-refractivity contribution is 5.43. The van der Waals surface area contributed by atoms with E-state index >= 15 is 0 Å². The predicted octanol–water partition coefficient (Wildman–Crippen LogP) is 2.53. The molecule has 0 amide bonds. The van der Waals surface area contributed by atoms with Crippen LogP contribution < -0.4 is 10.2 Å². The molecule has 2 atom stereocenters. The Kier molecular flexibility index (Phi) is 3.35. The number of aromatic nitrogens is 2. The van der Waals surface area contributed by atoms with Gasteiger partial charge < -0.3 is 10.2 Å². The van der Waals surface area contributed by atoms with Crippen molar-refractivity contribution in [2.75, 3.05) is 29.9 Å². The smallest absolute Gasteiger partial charge is 0.224 e. The average molecular weight is 246 g/mol. The third-order valence-corrected chi connectivity index (χ3v) is 4.22. The van der Waals surface area contributed by atoms with Crippen molar-refractivity contribution in [1.29, 1.82) is 0 Å². The summed E-state index contributed by atoms with van der Waals surface area (Å²) in [7, 11) is 0. The molecule has 1 saturated heterocycles. The highest BCUT2D eigenvalue weighted by Gasteiger charge is 2.36. The predicted molar refractivity (Wildman–Crippen MR) is 73.9 cm³/mol. The van der Waals surface area contributed by atoms with Crippen LogP contribution in [0.3, 0.4) is 0 Å². The summed E-state index contributed by atoms with van der Waals surface area (Å²) in [5.41, 5.74) is 0. The molecule has 0 aromatic carbocycles. The summed E-state index contributed by atoms with van der Waals surface area (Å²) in [5.74, 6) is 3.68. The van der Waals surface area contributed by atoms with E-state index in [0.717, 1.165) is 36.6 Å². The zero-order valence-corrected chi connectivity index (χ0v) is 11.1. The van der Waals surface area contributed by atoms with Crippen LogP contribution in [0.4, 0.5) is 11.8 Å². The second kappa shape index (κ2) is 5.12. The maximum absolute atomic E-state index is 4.62. The quantitative estimate of drug-likeness (QED) is 0.886. The zero-order valence-electron chi connectivity index (χ0n) is 11.1. The van der Waals surface area contributed by atoms with Crippen molar-refractivity contribution in [3.8, 4) is 0 Å². The van der Waals surface area contributed by atoms with Crippen LogP contribution in [0.2, 0.25) is 0 Å². The van der Waals surface area contributed by atoms with Gasteiger partial charge in [0.1, 0.15) is 5.82 Å². The molecular weight excluding hydrogens is 224 g/mol. The van der Waals surface area contributed by atoms with Crippen LogP contribution in [0, 0.1) is 11.8 Å². The molecule has 0 radical (unpaired) electrons. The molecule has 18 heavy (non-hydrogen) atoms. The SMILES string of the molecule is CCCNc1nccc(N2CC3CCCC3C2)n1. The summed E-state index contributed by atoms with van der Waals surface area (Å²) in [6, 6.07) is 2.04. The van der Waals surface area contributed by atoms with E-state index in [1.807, 2.05) is 12.3 Å². The van der Waals surface area contributed by atoms with Crippen molar-refractivity contribution in [2.24, 2.45) is 11.8 Å². The Labute approximate surface area is 109 Å². The first kappa shape index (κ1) is 11.8. The van der Waals surface area contributed by atoms with Crippen LogP contribution >= 0.6 is 0 Å². The van der Waals surface area contributed by atoms with Crippen LogP contribution in [0.25, 0.3) is 0 Å². The molecule has 98 valence electrons. The van der Waals surface area contributed by atoms with E-state index < -0.39 is 0 Å². The van der Waals surface area contributed by atoms with Gasteiger partial charge in [0.05, 0.1) is 0 Å². The minimum Gasteiger partial charge on any atom is -0.356 e. The minimum atomic E-state index is 0.770. The Morgan fingerprint density at radius 1 is 1.33 bits per heavy atom. The molecule has 2 aliphatic rings. The molecule has 1 aromatic rings. The fraction of sp³-hybridized carbons (Fsp3) is 0.714. The molecule has 2 heterocycles. The second-order valence-corrected chi connectivity index (χ2v) is 5.52. The number of nitrogens with zero attached hydrogens (tertiary/aromatic N) is 3. The van der Waals surface area contributed by atoms with Gasteiger partial charge in [-0.25, -0.2) is 4.98 Å². The summed E-state index contributed by atoms with van der Waals surface area (Å²) in [6.07, 6.45) is 7.21.